The summed E-state index contributed by atoms with van der Waals surface area (Å²) >= 11 is 0. The van der Waals surface area contributed by atoms with E-state index in [1.54, 1.807) is 0 Å². The first-order valence-corrected chi connectivity index (χ1v) is 6.12. The molecule has 15 heavy (non-hydrogen) atoms. The lowest BCUT2D eigenvalue weighted by Gasteiger charge is -2.39. The van der Waals surface area contributed by atoms with Crippen LogP contribution in [0.1, 0.15) is 33.6 Å². The maximum atomic E-state index is 3.44. The molecule has 0 atom stereocenters. The highest BCUT2D eigenvalue weighted by Gasteiger charge is 2.26. The first-order valence-electron chi connectivity index (χ1n) is 6.12. The maximum absolute atomic E-state index is 3.44. The molecule has 2 aliphatic rings. The summed E-state index contributed by atoms with van der Waals surface area (Å²) in [6, 6.07) is 1.41. The zero-order valence-electron chi connectivity index (χ0n) is 10.2. The predicted molar refractivity (Wildman–Crippen MR) is 63.3 cm³/mol. The van der Waals surface area contributed by atoms with Crippen LogP contribution in [0, 0.1) is 0 Å². The topological polar surface area (TPSA) is 18.5 Å². The van der Waals surface area contributed by atoms with Crippen molar-refractivity contribution in [3.05, 3.63) is 11.8 Å². The molecule has 0 aromatic heterocycles. The quantitative estimate of drug-likeness (QED) is 0.745. The fourth-order valence-corrected chi connectivity index (χ4v) is 2.59. The van der Waals surface area contributed by atoms with Crippen LogP contribution in [0.25, 0.3) is 0 Å². The molecule has 0 radical (unpaired) electrons. The SMILES string of the molecule is CC1=CCNN1C1CCN(C(C)C)CC1. The molecular formula is C12H23N3. The average molecular weight is 209 g/mol. The van der Waals surface area contributed by atoms with Crippen molar-refractivity contribution in [2.24, 2.45) is 0 Å². The Kier molecular flexibility index (Phi) is 3.32. The summed E-state index contributed by atoms with van der Waals surface area (Å²) in [5.74, 6) is 0. The van der Waals surface area contributed by atoms with Crippen LogP contribution < -0.4 is 5.43 Å². The van der Waals surface area contributed by atoms with Gasteiger partial charge in [0.2, 0.25) is 0 Å². The van der Waals surface area contributed by atoms with Gasteiger partial charge in [-0.3, -0.25) is 0 Å². The minimum Gasteiger partial charge on any atom is -0.310 e. The van der Waals surface area contributed by atoms with Gasteiger partial charge in [-0.1, -0.05) is 0 Å². The van der Waals surface area contributed by atoms with E-state index in [-0.39, 0.29) is 0 Å². The van der Waals surface area contributed by atoms with Crippen LogP contribution in [-0.4, -0.2) is 41.6 Å². The van der Waals surface area contributed by atoms with Gasteiger partial charge < -0.3 is 9.91 Å². The molecule has 0 aromatic rings. The molecule has 0 amide bonds. The first kappa shape index (κ1) is 11.0. The van der Waals surface area contributed by atoms with Crippen LogP contribution in [0.5, 0.6) is 0 Å². The summed E-state index contributed by atoms with van der Waals surface area (Å²) < 4.78 is 0. The van der Waals surface area contributed by atoms with Gasteiger partial charge in [0.05, 0.1) is 0 Å². The third-order valence-corrected chi connectivity index (χ3v) is 3.63. The number of nitrogens with one attached hydrogen (secondary N) is 1. The van der Waals surface area contributed by atoms with Gasteiger partial charge in [0.25, 0.3) is 0 Å². The Labute approximate surface area is 93.1 Å². The standard InChI is InChI=1S/C12H23N3/c1-10(2)14-8-5-12(6-9-14)15-11(3)4-7-13-15/h4,10,12-13H,5-9H2,1-3H3. The number of likely N-dealkylation sites (tertiary alicyclic amines) is 1. The molecule has 2 heterocycles. The van der Waals surface area contributed by atoms with Crippen molar-refractivity contribution in [3.63, 3.8) is 0 Å². The molecule has 0 bridgehead atoms. The molecule has 3 heteroatoms. The lowest BCUT2D eigenvalue weighted by Crippen LogP contribution is -2.49. The van der Waals surface area contributed by atoms with Gasteiger partial charge in [-0.25, -0.2) is 5.43 Å². The van der Waals surface area contributed by atoms with Crippen LogP contribution >= 0.6 is 0 Å². The monoisotopic (exact) mass is 209 g/mol. The van der Waals surface area contributed by atoms with Crippen molar-refractivity contribution >= 4 is 0 Å². The number of hydrogen-bond donors (Lipinski definition) is 1. The molecule has 3 nitrogen and oxygen atoms in total. The Morgan fingerprint density at radius 1 is 1.33 bits per heavy atom. The van der Waals surface area contributed by atoms with Gasteiger partial charge >= 0.3 is 0 Å². The summed E-state index contributed by atoms with van der Waals surface area (Å²) in [5, 5.41) is 2.37. The van der Waals surface area contributed by atoms with Gasteiger partial charge in [-0.15, -0.1) is 0 Å². The van der Waals surface area contributed by atoms with E-state index < -0.39 is 0 Å². The van der Waals surface area contributed by atoms with Crippen LogP contribution in [0.15, 0.2) is 11.8 Å². The maximum Gasteiger partial charge on any atom is 0.0475 e. The Morgan fingerprint density at radius 3 is 2.47 bits per heavy atom. The number of rotatable bonds is 2. The number of hydrazine groups is 1. The lowest BCUT2D eigenvalue weighted by molar-refractivity contribution is 0.0932. The molecule has 0 aliphatic carbocycles. The zero-order chi connectivity index (χ0) is 10.8. The Balaban J connectivity index is 1.86. The average Bonchev–Trinajstić information content (AvgIpc) is 2.65. The van der Waals surface area contributed by atoms with E-state index in [9.17, 15) is 0 Å². The first-order chi connectivity index (χ1) is 7.18. The van der Waals surface area contributed by atoms with Crippen molar-refractivity contribution in [1.29, 1.82) is 0 Å². The van der Waals surface area contributed by atoms with E-state index in [0.29, 0.717) is 12.1 Å². The smallest absolute Gasteiger partial charge is 0.0475 e. The van der Waals surface area contributed by atoms with Gasteiger partial charge in [0.15, 0.2) is 0 Å². The highest BCUT2D eigenvalue weighted by molar-refractivity contribution is 5.05. The van der Waals surface area contributed by atoms with Crippen LogP contribution in [0.3, 0.4) is 0 Å². The minimum absolute atomic E-state index is 0.703. The fraction of sp³-hybridized carbons (Fsp3) is 0.833. The lowest BCUT2D eigenvalue weighted by atomic mass is 10.0. The van der Waals surface area contributed by atoms with E-state index in [0.717, 1.165) is 6.54 Å². The minimum atomic E-state index is 0.703. The molecule has 0 saturated carbocycles. The zero-order valence-corrected chi connectivity index (χ0v) is 10.2. The molecule has 1 fully saturated rings. The molecule has 1 saturated heterocycles. The Bertz CT molecular complexity index is 239. The second-order valence-corrected chi connectivity index (χ2v) is 4.94. The van der Waals surface area contributed by atoms with Crippen molar-refractivity contribution in [1.82, 2.24) is 15.3 Å². The van der Waals surface area contributed by atoms with Crippen molar-refractivity contribution < 1.29 is 0 Å². The van der Waals surface area contributed by atoms with E-state index >= 15 is 0 Å². The molecule has 2 aliphatic heterocycles. The van der Waals surface area contributed by atoms with Crippen molar-refractivity contribution in [2.45, 2.75) is 45.7 Å². The van der Waals surface area contributed by atoms with E-state index in [2.05, 4.69) is 42.2 Å². The Morgan fingerprint density at radius 2 is 2.00 bits per heavy atom. The van der Waals surface area contributed by atoms with E-state index in [1.807, 2.05) is 0 Å². The molecule has 0 aromatic carbocycles. The largest absolute Gasteiger partial charge is 0.310 e. The Hall–Kier alpha value is -0.540. The van der Waals surface area contributed by atoms with Gasteiger partial charge in [-0.05, 0) is 39.7 Å². The molecule has 1 N–H and O–H groups in total. The molecule has 0 unspecified atom stereocenters. The highest BCUT2D eigenvalue weighted by atomic mass is 15.5. The third-order valence-electron chi connectivity index (χ3n) is 3.63. The normalized spacial score (nSPS) is 25.1. The summed E-state index contributed by atoms with van der Waals surface area (Å²) in [4.78, 5) is 2.58. The third kappa shape index (κ3) is 2.34. The van der Waals surface area contributed by atoms with Crippen LogP contribution in [0.4, 0.5) is 0 Å². The number of allylic oxidation sites excluding steroid dienone is 1. The molecule has 0 spiro atoms. The number of nitrogens with zero attached hydrogens (tertiary/aromatic N) is 2. The van der Waals surface area contributed by atoms with Gasteiger partial charge in [0.1, 0.15) is 0 Å². The summed E-state index contributed by atoms with van der Waals surface area (Å²) in [6.45, 7) is 10.3. The summed E-state index contributed by atoms with van der Waals surface area (Å²) in [7, 11) is 0. The molecule has 2 rings (SSSR count). The van der Waals surface area contributed by atoms with Crippen molar-refractivity contribution in [3.8, 4) is 0 Å². The second-order valence-electron chi connectivity index (χ2n) is 4.94. The van der Waals surface area contributed by atoms with Crippen LogP contribution in [-0.2, 0) is 0 Å². The van der Waals surface area contributed by atoms with Gasteiger partial charge in [0, 0.05) is 37.4 Å². The second kappa shape index (κ2) is 4.54. The van der Waals surface area contributed by atoms with E-state index in [4.69, 9.17) is 0 Å². The number of piperidine rings is 1. The summed E-state index contributed by atoms with van der Waals surface area (Å²) in [5.41, 5.74) is 4.84. The van der Waals surface area contributed by atoms with E-state index in [1.165, 1.54) is 31.6 Å². The van der Waals surface area contributed by atoms with Crippen LogP contribution in [0.2, 0.25) is 0 Å². The molecular weight excluding hydrogens is 186 g/mol. The highest BCUT2D eigenvalue weighted by Crippen LogP contribution is 2.21. The molecule has 86 valence electrons. The van der Waals surface area contributed by atoms with Gasteiger partial charge in [-0.2, -0.15) is 0 Å². The summed E-state index contributed by atoms with van der Waals surface area (Å²) in [6.07, 6.45) is 4.85. The number of hydrogen-bond acceptors (Lipinski definition) is 3. The van der Waals surface area contributed by atoms with Crippen molar-refractivity contribution in [2.75, 3.05) is 19.6 Å². The fourth-order valence-electron chi connectivity index (χ4n) is 2.59. The predicted octanol–water partition coefficient (Wildman–Crippen LogP) is 1.58.